The fourth-order valence-electron chi connectivity index (χ4n) is 1.13. The maximum Gasteiger partial charge on any atom is 0.418 e. The van der Waals surface area contributed by atoms with Gasteiger partial charge in [0.05, 0.1) is 12.2 Å². The monoisotopic (exact) mass is 274 g/mol. The molecular formula is C11H9F3N2O3. The van der Waals surface area contributed by atoms with E-state index in [-0.39, 0.29) is 12.3 Å². The number of nitriles is 1. The predicted octanol–water partition coefficient (Wildman–Crippen LogP) is 1.91. The van der Waals surface area contributed by atoms with Gasteiger partial charge in [0.25, 0.3) is 0 Å². The summed E-state index contributed by atoms with van der Waals surface area (Å²) in [7, 11) is 0. The summed E-state index contributed by atoms with van der Waals surface area (Å²) >= 11 is 0. The van der Waals surface area contributed by atoms with Gasteiger partial charge in [-0.2, -0.15) is 18.4 Å². The third-order valence-electron chi connectivity index (χ3n) is 1.94. The fourth-order valence-corrected chi connectivity index (χ4v) is 1.13. The van der Waals surface area contributed by atoms with Gasteiger partial charge >= 0.3 is 12.1 Å². The first-order valence-electron chi connectivity index (χ1n) is 5.14. The Morgan fingerprint density at radius 1 is 1.53 bits per heavy atom. The SMILES string of the molecule is CCOC(=O)COc1cc(C(F)(F)F)cnc1C#N. The number of rotatable bonds is 4. The lowest BCUT2D eigenvalue weighted by Crippen LogP contribution is -2.16. The van der Waals surface area contributed by atoms with Crippen LogP contribution in [-0.2, 0) is 15.7 Å². The molecular weight excluding hydrogens is 265 g/mol. The smallest absolute Gasteiger partial charge is 0.418 e. The van der Waals surface area contributed by atoms with Crippen molar-refractivity contribution in [1.29, 1.82) is 5.26 Å². The Morgan fingerprint density at radius 3 is 2.74 bits per heavy atom. The van der Waals surface area contributed by atoms with Crippen LogP contribution in [0, 0.1) is 11.3 Å². The van der Waals surface area contributed by atoms with E-state index in [4.69, 9.17) is 10.00 Å². The summed E-state index contributed by atoms with van der Waals surface area (Å²) in [5.41, 5.74) is -1.40. The van der Waals surface area contributed by atoms with Crippen LogP contribution in [0.3, 0.4) is 0 Å². The number of hydrogen-bond donors (Lipinski definition) is 0. The largest absolute Gasteiger partial charge is 0.479 e. The molecule has 1 aromatic rings. The van der Waals surface area contributed by atoms with Crippen molar-refractivity contribution < 1.29 is 27.4 Å². The highest BCUT2D eigenvalue weighted by Gasteiger charge is 2.32. The third-order valence-corrected chi connectivity index (χ3v) is 1.94. The summed E-state index contributed by atoms with van der Waals surface area (Å²) < 4.78 is 46.7. The number of halogens is 3. The Morgan fingerprint density at radius 2 is 2.21 bits per heavy atom. The first-order chi connectivity index (χ1) is 8.88. The van der Waals surface area contributed by atoms with Crippen LogP contribution in [0.15, 0.2) is 12.3 Å². The Labute approximate surface area is 106 Å². The zero-order valence-corrected chi connectivity index (χ0v) is 9.82. The van der Waals surface area contributed by atoms with E-state index in [1.807, 2.05) is 0 Å². The first-order valence-corrected chi connectivity index (χ1v) is 5.14. The predicted molar refractivity (Wildman–Crippen MR) is 56.1 cm³/mol. The van der Waals surface area contributed by atoms with Crippen molar-refractivity contribution in [2.75, 3.05) is 13.2 Å². The first kappa shape index (κ1) is 14.8. The van der Waals surface area contributed by atoms with Crippen LogP contribution in [0.4, 0.5) is 13.2 Å². The molecule has 0 aliphatic rings. The summed E-state index contributed by atoms with van der Waals surface area (Å²) in [5.74, 6) is -1.16. The standard InChI is InChI=1S/C11H9F3N2O3/c1-2-18-10(17)6-19-9-3-7(11(12,13)14)5-16-8(9)4-15/h3,5H,2,6H2,1H3. The van der Waals surface area contributed by atoms with E-state index < -0.39 is 30.1 Å². The van der Waals surface area contributed by atoms with Crippen molar-refractivity contribution in [3.63, 3.8) is 0 Å². The normalized spacial score (nSPS) is 10.7. The van der Waals surface area contributed by atoms with Crippen LogP contribution in [-0.4, -0.2) is 24.2 Å². The van der Waals surface area contributed by atoms with Gasteiger partial charge in [0.1, 0.15) is 6.07 Å². The van der Waals surface area contributed by atoms with Crippen LogP contribution in [0.1, 0.15) is 18.2 Å². The van der Waals surface area contributed by atoms with E-state index in [1.54, 1.807) is 13.0 Å². The Kier molecular flexibility index (Phi) is 4.69. The number of carbonyl (C=O) groups excluding carboxylic acids is 1. The molecule has 102 valence electrons. The Hall–Kier alpha value is -2.30. The second-order valence-corrected chi connectivity index (χ2v) is 3.27. The topological polar surface area (TPSA) is 72.2 Å². The lowest BCUT2D eigenvalue weighted by Gasteiger charge is -2.10. The number of hydrogen-bond acceptors (Lipinski definition) is 5. The molecule has 1 heterocycles. The molecule has 0 saturated carbocycles. The number of aromatic nitrogens is 1. The zero-order valence-electron chi connectivity index (χ0n) is 9.82. The van der Waals surface area contributed by atoms with Crippen LogP contribution < -0.4 is 4.74 Å². The van der Waals surface area contributed by atoms with Crippen LogP contribution in [0.25, 0.3) is 0 Å². The highest BCUT2D eigenvalue weighted by molar-refractivity contribution is 5.71. The van der Waals surface area contributed by atoms with Gasteiger partial charge in [0.15, 0.2) is 18.1 Å². The molecule has 1 aromatic heterocycles. The maximum absolute atomic E-state index is 12.5. The molecule has 8 heteroatoms. The van der Waals surface area contributed by atoms with E-state index in [0.29, 0.717) is 12.3 Å². The molecule has 1 rings (SSSR count). The van der Waals surface area contributed by atoms with Crippen molar-refractivity contribution in [3.8, 4) is 11.8 Å². The van der Waals surface area contributed by atoms with Gasteiger partial charge in [-0.1, -0.05) is 0 Å². The Bertz CT molecular complexity index is 509. The van der Waals surface area contributed by atoms with E-state index in [9.17, 15) is 18.0 Å². The molecule has 0 unspecified atom stereocenters. The molecule has 5 nitrogen and oxygen atoms in total. The molecule has 0 fully saturated rings. The summed E-state index contributed by atoms with van der Waals surface area (Å²) in [4.78, 5) is 14.4. The molecule has 0 bridgehead atoms. The quantitative estimate of drug-likeness (QED) is 0.784. The average molecular weight is 274 g/mol. The van der Waals surface area contributed by atoms with E-state index in [1.165, 1.54) is 0 Å². The number of pyridine rings is 1. The van der Waals surface area contributed by atoms with Crippen LogP contribution >= 0.6 is 0 Å². The van der Waals surface area contributed by atoms with Crippen LogP contribution in [0.5, 0.6) is 5.75 Å². The number of alkyl halides is 3. The number of esters is 1. The number of nitrogens with zero attached hydrogens (tertiary/aromatic N) is 2. The van der Waals surface area contributed by atoms with Crippen molar-refractivity contribution >= 4 is 5.97 Å². The molecule has 0 amide bonds. The van der Waals surface area contributed by atoms with Gasteiger partial charge in [-0.05, 0) is 13.0 Å². The molecule has 0 radical (unpaired) electrons. The number of carbonyl (C=O) groups is 1. The lowest BCUT2D eigenvalue weighted by atomic mass is 10.2. The summed E-state index contributed by atoms with van der Waals surface area (Å²) in [6.45, 7) is 1.10. The van der Waals surface area contributed by atoms with Gasteiger partial charge in [-0.3, -0.25) is 0 Å². The molecule has 0 spiro atoms. The summed E-state index contributed by atoms with van der Waals surface area (Å²) in [5, 5.41) is 8.69. The zero-order chi connectivity index (χ0) is 14.5. The molecule has 0 aliphatic heterocycles. The summed E-state index contributed by atoms with van der Waals surface area (Å²) in [6.07, 6.45) is -4.08. The molecule has 0 aliphatic carbocycles. The molecule has 19 heavy (non-hydrogen) atoms. The minimum absolute atomic E-state index is 0.119. The van der Waals surface area contributed by atoms with E-state index in [2.05, 4.69) is 9.72 Å². The minimum atomic E-state index is -4.61. The lowest BCUT2D eigenvalue weighted by molar-refractivity contribution is -0.145. The van der Waals surface area contributed by atoms with Crippen molar-refractivity contribution in [3.05, 3.63) is 23.5 Å². The average Bonchev–Trinajstić information content (AvgIpc) is 2.35. The highest BCUT2D eigenvalue weighted by atomic mass is 19.4. The molecule has 0 atom stereocenters. The second kappa shape index (κ2) is 6.04. The summed E-state index contributed by atoms with van der Waals surface area (Å²) in [6, 6.07) is 2.19. The van der Waals surface area contributed by atoms with Crippen LogP contribution in [0.2, 0.25) is 0 Å². The van der Waals surface area contributed by atoms with Gasteiger partial charge in [0.2, 0.25) is 0 Å². The van der Waals surface area contributed by atoms with Gasteiger partial charge < -0.3 is 9.47 Å². The molecule has 0 aromatic carbocycles. The molecule has 0 N–H and O–H groups in total. The number of ether oxygens (including phenoxy) is 2. The van der Waals surface area contributed by atoms with E-state index in [0.717, 1.165) is 0 Å². The molecule has 0 saturated heterocycles. The van der Waals surface area contributed by atoms with Gasteiger partial charge in [-0.15, -0.1) is 0 Å². The minimum Gasteiger partial charge on any atom is -0.479 e. The van der Waals surface area contributed by atoms with Gasteiger partial charge in [0, 0.05) is 6.20 Å². The van der Waals surface area contributed by atoms with Crippen molar-refractivity contribution in [1.82, 2.24) is 4.98 Å². The van der Waals surface area contributed by atoms with E-state index >= 15 is 0 Å². The third kappa shape index (κ3) is 4.13. The maximum atomic E-state index is 12.5. The second-order valence-electron chi connectivity index (χ2n) is 3.27. The Balaban J connectivity index is 2.92. The van der Waals surface area contributed by atoms with Crippen molar-refractivity contribution in [2.24, 2.45) is 0 Å². The van der Waals surface area contributed by atoms with Crippen molar-refractivity contribution in [2.45, 2.75) is 13.1 Å². The fraction of sp³-hybridized carbons (Fsp3) is 0.364. The highest BCUT2D eigenvalue weighted by Crippen LogP contribution is 2.31. The van der Waals surface area contributed by atoms with Gasteiger partial charge in [-0.25, -0.2) is 9.78 Å².